The molecule has 4 rings (SSSR count). The lowest BCUT2D eigenvalue weighted by Gasteiger charge is -2.40. The van der Waals surface area contributed by atoms with Crippen molar-refractivity contribution in [2.45, 2.75) is 39.4 Å². The van der Waals surface area contributed by atoms with E-state index in [0.29, 0.717) is 11.6 Å². The van der Waals surface area contributed by atoms with Gasteiger partial charge >= 0.3 is 0 Å². The maximum atomic E-state index is 12.4. The lowest BCUT2D eigenvalue weighted by molar-refractivity contribution is -0.112. The molecule has 0 saturated carbocycles. The highest BCUT2D eigenvalue weighted by molar-refractivity contribution is 6.38. The second-order valence-corrected chi connectivity index (χ2v) is 7.69. The van der Waals surface area contributed by atoms with Crippen molar-refractivity contribution in [1.82, 2.24) is 4.90 Å². The van der Waals surface area contributed by atoms with Crippen LogP contribution in [0.5, 0.6) is 11.5 Å². The summed E-state index contributed by atoms with van der Waals surface area (Å²) in [6, 6.07) is 15.8. The number of nitrogens with zero attached hydrogens (tertiary/aromatic N) is 3. The van der Waals surface area contributed by atoms with E-state index in [9.17, 15) is 4.79 Å². The number of carbonyl (C=O) groups excluding carboxylic acids is 1. The number of benzene rings is 2. The number of para-hydroxylation sites is 1. The van der Waals surface area contributed by atoms with Gasteiger partial charge in [-0.3, -0.25) is 4.79 Å². The van der Waals surface area contributed by atoms with E-state index < -0.39 is 0 Å². The molecule has 2 heterocycles. The highest BCUT2D eigenvalue weighted by Crippen LogP contribution is 2.43. The van der Waals surface area contributed by atoms with Gasteiger partial charge in [0.15, 0.2) is 29.3 Å². The summed E-state index contributed by atoms with van der Waals surface area (Å²) in [5.74, 6) is 1.84. The van der Waals surface area contributed by atoms with E-state index in [-0.39, 0.29) is 24.3 Å². The SMILES string of the molecule is CC(=O)C1=NN(c2ccccc2)C(c2ccc3c(c2)OCO3)N1C(C)(C)C. The van der Waals surface area contributed by atoms with Gasteiger partial charge in [-0.1, -0.05) is 24.3 Å². The number of hydrazone groups is 1. The molecule has 1 atom stereocenters. The van der Waals surface area contributed by atoms with Gasteiger partial charge in [0.25, 0.3) is 0 Å². The molecule has 27 heavy (non-hydrogen) atoms. The summed E-state index contributed by atoms with van der Waals surface area (Å²) in [6.07, 6.45) is -0.263. The van der Waals surface area contributed by atoms with Gasteiger partial charge in [0.2, 0.25) is 6.79 Å². The normalized spacial score (nSPS) is 18.7. The van der Waals surface area contributed by atoms with Gasteiger partial charge < -0.3 is 14.4 Å². The van der Waals surface area contributed by atoms with Crippen molar-refractivity contribution in [3.63, 3.8) is 0 Å². The Morgan fingerprint density at radius 1 is 1.07 bits per heavy atom. The summed E-state index contributed by atoms with van der Waals surface area (Å²) in [6.45, 7) is 8.03. The molecule has 0 spiro atoms. The number of rotatable bonds is 3. The molecule has 0 radical (unpaired) electrons. The molecule has 0 aliphatic carbocycles. The standard InChI is InChI=1S/C21H23N3O3/c1-14(25)19-22-24(16-8-6-5-7-9-16)20(23(19)21(2,3)4)15-10-11-17-18(12-15)27-13-26-17/h5-12,20H,13H2,1-4H3. The highest BCUT2D eigenvalue weighted by Gasteiger charge is 2.43. The first-order valence-electron chi connectivity index (χ1n) is 8.99. The summed E-state index contributed by atoms with van der Waals surface area (Å²) < 4.78 is 11.0. The summed E-state index contributed by atoms with van der Waals surface area (Å²) in [4.78, 5) is 14.5. The Balaban J connectivity index is 1.86. The first-order chi connectivity index (χ1) is 12.9. The highest BCUT2D eigenvalue weighted by atomic mass is 16.7. The average Bonchev–Trinajstić information content (AvgIpc) is 3.26. The molecule has 2 aliphatic heterocycles. The molecule has 140 valence electrons. The van der Waals surface area contributed by atoms with E-state index in [0.717, 1.165) is 17.0 Å². The van der Waals surface area contributed by atoms with E-state index in [2.05, 4.69) is 25.7 Å². The van der Waals surface area contributed by atoms with Gasteiger partial charge in [-0.05, 0) is 45.0 Å². The zero-order chi connectivity index (χ0) is 19.2. The largest absolute Gasteiger partial charge is 0.454 e. The number of ether oxygens (including phenoxy) is 2. The van der Waals surface area contributed by atoms with Gasteiger partial charge in [-0.25, -0.2) is 5.01 Å². The van der Waals surface area contributed by atoms with Crippen molar-refractivity contribution in [3.05, 3.63) is 54.1 Å². The third kappa shape index (κ3) is 3.01. The van der Waals surface area contributed by atoms with E-state index in [1.165, 1.54) is 0 Å². The van der Waals surface area contributed by atoms with Gasteiger partial charge in [0, 0.05) is 18.0 Å². The van der Waals surface area contributed by atoms with Crippen molar-refractivity contribution in [3.8, 4) is 11.5 Å². The fraction of sp³-hybridized carbons (Fsp3) is 0.333. The van der Waals surface area contributed by atoms with Crippen molar-refractivity contribution < 1.29 is 14.3 Å². The number of anilines is 1. The Morgan fingerprint density at radius 2 is 1.78 bits per heavy atom. The van der Waals surface area contributed by atoms with Crippen LogP contribution in [0.3, 0.4) is 0 Å². The van der Waals surface area contributed by atoms with Crippen LogP contribution in [0, 0.1) is 0 Å². The van der Waals surface area contributed by atoms with E-state index in [1.807, 2.05) is 53.5 Å². The molecule has 2 aliphatic rings. The van der Waals surface area contributed by atoms with Crippen LogP contribution in [-0.4, -0.2) is 28.9 Å². The number of fused-ring (bicyclic) bond motifs is 1. The molecule has 1 unspecified atom stereocenters. The lowest BCUT2D eigenvalue weighted by atomic mass is 10.0. The topological polar surface area (TPSA) is 54.4 Å². The molecule has 2 aromatic carbocycles. The molecular weight excluding hydrogens is 342 g/mol. The zero-order valence-electron chi connectivity index (χ0n) is 16.0. The smallest absolute Gasteiger partial charge is 0.231 e. The van der Waals surface area contributed by atoms with E-state index >= 15 is 0 Å². The van der Waals surface area contributed by atoms with Crippen LogP contribution in [0.1, 0.15) is 39.4 Å². The van der Waals surface area contributed by atoms with Gasteiger partial charge in [-0.15, -0.1) is 5.10 Å². The first kappa shape index (κ1) is 17.4. The maximum absolute atomic E-state index is 12.4. The van der Waals surface area contributed by atoms with Crippen LogP contribution in [-0.2, 0) is 4.79 Å². The molecule has 0 amide bonds. The Kier molecular flexibility index (Phi) is 4.06. The van der Waals surface area contributed by atoms with Crippen molar-refractivity contribution >= 4 is 17.3 Å². The summed E-state index contributed by atoms with van der Waals surface area (Å²) in [5, 5.41) is 6.61. The maximum Gasteiger partial charge on any atom is 0.231 e. The molecule has 0 bridgehead atoms. The number of hydrogen-bond acceptors (Lipinski definition) is 6. The molecule has 0 N–H and O–H groups in total. The van der Waals surface area contributed by atoms with Gasteiger partial charge in [-0.2, -0.15) is 0 Å². The minimum absolute atomic E-state index is 0.0610. The monoisotopic (exact) mass is 365 g/mol. The summed E-state index contributed by atoms with van der Waals surface area (Å²) in [7, 11) is 0. The minimum atomic E-state index is -0.310. The minimum Gasteiger partial charge on any atom is -0.454 e. The molecule has 6 nitrogen and oxygen atoms in total. The Morgan fingerprint density at radius 3 is 2.44 bits per heavy atom. The quantitative estimate of drug-likeness (QED) is 0.825. The molecule has 0 aromatic heterocycles. The summed E-state index contributed by atoms with van der Waals surface area (Å²) >= 11 is 0. The van der Waals surface area contributed by atoms with Crippen molar-refractivity contribution in [2.75, 3.05) is 11.8 Å². The summed E-state index contributed by atoms with van der Waals surface area (Å²) in [5.41, 5.74) is 1.60. The molecule has 2 aromatic rings. The number of Topliss-reactive ketones (excluding diaryl/α,β-unsaturated/α-hetero) is 1. The van der Waals surface area contributed by atoms with Crippen LogP contribution in [0.2, 0.25) is 0 Å². The molecular formula is C21H23N3O3. The lowest BCUT2D eigenvalue weighted by Crippen LogP contribution is -2.49. The van der Waals surface area contributed by atoms with E-state index in [4.69, 9.17) is 14.6 Å². The number of carbonyl (C=O) groups is 1. The number of hydrogen-bond donors (Lipinski definition) is 0. The van der Waals surface area contributed by atoms with E-state index in [1.54, 1.807) is 6.92 Å². The Bertz CT molecular complexity index is 903. The van der Waals surface area contributed by atoms with Crippen LogP contribution < -0.4 is 14.5 Å². The molecule has 6 heteroatoms. The Hall–Kier alpha value is -3.02. The van der Waals surface area contributed by atoms with Crippen LogP contribution >= 0.6 is 0 Å². The zero-order valence-corrected chi connectivity index (χ0v) is 16.0. The predicted molar refractivity (Wildman–Crippen MR) is 104 cm³/mol. The molecule has 0 fully saturated rings. The fourth-order valence-corrected chi connectivity index (χ4v) is 3.50. The van der Waals surface area contributed by atoms with Crippen molar-refractivity contribution in [2.24, 2.45) is 5.10 Å². The van der Waals surface area contributed by atoms with Crippen LogP contribution in [0.4, 0.5) is 5.69 Å². The third-order valence-corrected chi connectivity index (χ3v) is 4.66. The average molecular weight is 365 g/mol. The van der Waals surface area contributed by atoms with Crippen LogP contribution in [0.25, 0.3) is 0 Å². The second-order valence-electron chi connectivity index (χ2n) is 7.69. The molecule has 0 saturated heterocycles. The van der Waals surface area contributed by atoms with Crippen LogP contribution in [0.15, 0.2) is 53.6 Å². The number of ketones is 1. The first-order valence-corrected chi connectivity index (χ1v) is 8.99. The fourth-order valence-electron chi connectivity index (χ4n) is 3.50. The third-order valence-electron chi connectivity index (χ3n) is 4.66. The van der Waals surface area contributed by atoms with Crippen molar-refractivity contribution in [1.29, 1.82) is 0 Å². The second kappa shape index (κ2) is 6.30. The van der Waals surface area contributed by atoms with Gasteiger partial charge in [0.1, 0.15) is 0 Å². The number of amidine groups is 1. The Labute approximate surface area is 159 Å². The van der Waals surface area contributed by atoms with Gasteiger partial charge in [0.05, 0.1) is 5.69 Å². The predicted octanol–water partition coefficient (Wildman–Crippen LogP) is 3.94.